The van der Waals surface area contributed by atoms with Gasteiger partial charge in [0.2, 0.25) is 5.91 Å². The molecule has 0 bridgehead atoms. The van der Waals surface area contributed by atoms with E-state index in [-0.39, 0.29) is 12.1 Å². The fraction of sp³-hybridized carbons (Fsp3) is 0.471. The fourth-order valence-corrected chi connectivity index (χ4v) is 2.71. The molecule has 26 heavy (non-hydrogen) atoms. The van der Waals surface area contributed by atoms with Gasteiger partial charge in [0, 0.05) is 18.7 Å². The SMILES string of the molecule is C[C@@H]1N[C@H](CNC(=O)/C=C/c2cccc(C(F)(F)F)c2)[C@@H](O)[C@H](O)[C@@H]1O. The summed E-state index contributed by atoms with van der Waals surface area (Å²) in [6.07, 6.45) is -5.87. The molecule has 0 spiro atoms. The Labute approximate surface area is 148 Å². The van der Waals surface area contributed by atoms with Gasteiger partial charge in [-0.15, -0.1) is 0 Å². The molecule has 0 aliphatic carbocycles. The van der Waals surface area contributed by atoms with Crippen LogP contribution in [0.5, 0.6) is 0 Å². The number of carbonyl (C=O) groups excluding carboxylic acids is 1. The van der Waals surface area contributed by atoms with Crippen LogP contribution in [0.1, 0.15) is 18.1 Å². The minimum atomic E-state index is -4.46. The van der Waals surface area contributed by atoms with Crippen LogP contribution < -0.4 is 10.6 Å². The summed E-state index contributed by atoms with van der Waals surface area (Å²) >= 11 is 0. The zero-order chi connectivity index (χ0) is 19.5. The van der Waals surface area contributed by atoms with Crippen LogP contribution in [0.4, 0.5) is 13.2 Å². The predicted molar refractivity (Wildman–Crippen MR) is 87.9 cm³/mol. The Balaban J connectivity index is 1.92. The predicted octanol–water partition coefficient (Wildman–Crippen LogP) is 0.278. The highest BCUT2D eigenvalue weighted by molar-refractivity contribution is 5.91. The Hall–Kier alpha value is -1.94. The number of amides is 1. The monoisotopic (exact) mass is 374 g/mol. The van der Waals surface area contributed by atoms with Crippen LogP contribution in [0, 0.1) is 0 Å². The first-order chi connectivity index (χ1) is 12.1. The zero-order valence-electron chi connectivity index (χ0n) is 13.9. The molecule has 0 unspecified atom stereocenters. The summed E-state index contributed by atoms with van der Waals surface area (Å²) in [4.78, 5) is 11.8. The molecule has 9 heteroatoms. The molecule has 1 amide bonds. The molecule has 1 aliphatic heterocycles. The quantitative estimate of drug-likeness (QED) is 0.488. The highest BCUT2D eigenvalue weighted by atomic mass is 19.4. The number of hydrogen-bond donors (Lipinski definition) is 5. The van der Waals surface area contributed by atoms with Crippen molar-refractivity contribution < 1.29 is 33.3 Å². The molecule has 0 saturated carbocycles. The number of aliphatic hydroxyl groups is 3. The van der Waals surface area contributed by atoms with Crippen LogP contribution in [0.2, 0.25) is 0 Å². The lowest BCUT2D eigenvalue weighted by Gasteiger charge is -2.40. The summed E-state index contributed by atoms with van der Waals surface area (Å²) in [6.45, 7) is 1.60. The van der Waals surface area contributed by atoms with Crippen molar-refractivity contribution in [2.45, 2.75) is 43.5 Å². The first-order valence-corrected chi connectivity index (χ1v) is 8.03. The number of nitrogens with one attached hydrogen (secondary N) is 2. The van der Waals surface area contributed by atoms with E-state index in [1.54, 1.807) is 6.92 Å². The van der Waals surface area contributed by atoms with E-state index >= 15 is 0 Å². The minimum Gasteiger partial charge on any atom is -0.389 e. The Kier molecular flexibility index (Phi) is 6.40. The second-order valence-corrected chi connectivity index (χ2v) is 6.24. The second-order valence-electron chi connectivity index (χ2n) is 6.24. The van der Waals surface area contributed by atoms with Gasteiger partial charge in [0.05, 0.1) is 23.8 Å². The maximum atomic E-state index is 12.6. The van der Waals surface area contributed by atoms with Gasteiger partial charge in [-0.1, -0.05) is 12.1 Å². The molecule has 1 heterocycles. The van der Waals surface area contributed by atoms with Crippen molar-refractivity contribution in [3.8, 4) is 0 Å². The van der Waals surface area contributed by atoms with Crippen molar-refractivity contribution in [3.05, 3.63) is 41.5 Å². The summed E-state index contributed by atoms with van der Waals surface area (Å²) in [7, 11) is 0. The largest absolute Gasteiger partial charge is 0.416 e. The van der Waals surface area contributed by atoms with E-state index in [0.29, 0.717) is 0 Å². The van der Waals surface area contributed by atoms with Crippen molar-refractivity contribution in [1.82, 2.24) is 10.6 Å². The van der Waals surface area contributed by atoms with Crippen LogP contribution in [0.3, 0.4) is 0 Å². The lowest BCUT2D eigenvalue weighted by Crippen LogP contribution is -2.66. The van der Waals surface area contributed by atoms with Crippen molar-refractivity contribution >= 4 is 12.0 Å². The number of rotatable bonds is 4. The van der Waals surface area contributed by atoms with Gasteiger partial charge in [0.1, 0.15) is 6.10 Å². The van der Waals surface area contributed by atoms with Crippen LogP contribution in [-0.4, -0.2) is 58.2 Å². The number of hydrogen-bond acceptors (Lipinski definition) is 5. The van der Waals surface area contributed by atoms with E-state index < -0.39 is 48.0 Å². The van der Waals surface area contributed by atoms with Crippen LogP contribution in [0.25, 0.3) is 6.08 Å². The summed E-state index contributed by atoms with van der Waals surface area (Å²) in [6, 6.07) is 3.40. The van der Waals surface area contributed by atoms with Gasteiger partial charge in [0.15, 0.2) is 0 Å². The van der Waals surface area contributed by atoms with E-state index in [1.807, 2.05) is 0 Å². The molecule has 144 valence electrons. The van der Waals surface area contributed by atoms with E-state index in [9.17, 15) is 33.3 Å². The van der Waals surface area contributed by atoms with Gasteiger partial charge >= 0.3 is 6.18 Å². The standard InChI is InChI=1S/C17H21F3N2O4/c1-9-14(24)16(26)15(25)12(22-9)8-21-13(23)6-5-10-3-2-4-11(7-10)17(18,19)20/h2-7,9,12,14-16,22,24-26H,8H2,1H3,(H,21,23)/b6-5+/t9-,12+,14+,15+,16+/m0/s1. The molecular formula is C17H21F3N2O4. The van der Waals surface area contributed by atoms with E-state index in [2.05, 4.69) is 10.6 Å². The molecule has 0 aromatic heterocycles. The number of halogens is 3. The number of alkyl halides is 3. The van der Waals surface area contributed by atoms with Gasteiger partial charge in [0.25, 0.3) is 0 Å². The molecule has 1 aliphatic rings. The Morgan fingerprint density at radius 3 is 2.58 bits per heavy atom. The third kappa shape index (κ3) is 5.04. The summed E-state index contributed by atoms with van der Waals surface area (Å²) in [5.41, 5.74) is -0.589. The molecule has 6 nitrogen and oxygen atoms in total. The maximum Gasteiger partial charge on any atom is 0.416 e. The minimum absolute atomic E-state index is 0.0267. The highest BCUT2D eigenvalue weighted by Gasteiger charge is 2.40. The van der Waals surface area contributed by atoms with Crippen LogP contribution >= 0.6 is 0 Å². The zero-order valence-corrected chi connectivity index (χ0v) is 13.9. The van der Waals surface area contributed by atoms with Crippen LogP contribution in [-0.2, 0) is 11.0 Å². The van der Waals surface area contributed by atoms with Gasteiger partial charge in [-0.3, -0.25) is 4.79 Å². The molecule has 0 radical (unpaired) electrons. The van der Waals surface area contributed by atoms with Crippen molar-refractivity contribution in [2.75, 3.05) is 6.54 Å². The topological polar surface area (TPSA) is 102 Å². The maximum absolute atomic E-state index is 12.6. The summed E-state index contributed by atoms with van der Waals surface area (Å²) in [5.74, 6) is -0.565. The molecule has 1 saturated heterocycles. The molecule has 1 fully saturated rings. The lowest BCUT2D eigenvalue weighted by molar-refractivity contribution is -0.137. The van der Waals surface area contributed by atoms with Crippen molar-refractivity contribution in [1.29, 1.82) is 0 Å². The number of piperidine rings is 1. The van der Waals surface area contributed by atoms with Crippen molar-refractivity contribution in [3.63, 3.8) is 0 Å². The molecule has 5 N–H and O–H groups in total. The Morgan fingerprint density at radius 2 is 1.92 bits per heavy atom. The smallest absolute Gasteiger partial charge is 0.389 e. The molecule has 2 rings (SSSR count). The first-order valence-electron chi connectivity index (χ1n) is 8.03. The van der Waals surface area contributed by atoms with Crippen molar-refractivity contribution in [2.24, 2.45) is 0 Å². The van der Waals surface area contributed by atoms with Gasteiger partial charge in [-0.2, -0.15) is 13.2 Å². The Morgan fingerprint density at radius 1 is 1.23 bits per heavy atom. The molecule has 1 aromatic rings. The van der Waals surface area contributed by atoms with Gasteiger partial charge in [-0.25, -0.2) is 0 Å². The van der Waals surface area contributed by atoms with E-state index in [0.717, 1.165) is 18.2 Å². The summed E-state index contributed by atoms with van der Waals surface area (Å²) < 4.78 is 37.9. The van der Waals surface area contributed by atoms with Gasteiger partial charge < -0.3 is 26.0 Å². The fourth-order valence-electron chi connectivity index (χ4n) is 2.71. The summed E-state index contributed by atoms with van der Waals surface area (Å²) in [5, 5.41) is 34.7. The average Bonchev–Trinajstić information content (AvgIpc) is 2.59. The third-order valence-electron chi connectivity index (χ3n) is 4.24. The van der Waals surface area contributed by atoms with E-state index in [4.69, 9.17) is 0 Å². The highest BCUT2D eigenvalue weighted by Crippen LogP contribution is 2.29. The first kappa shape index (κ1) is 20.4. The number of carbonyl (C=O) groups is 1. The number of benzene rings is 1. The van der Waals surface area contributed by atoms with Gasteiger partial charge in [-0.05, 0) is 30.7 Å². The average molecular weight is 374 g/mol. The Bertz CT molecular complexity index is 666. The normalized spacial score (nSPS) is 29.7. The second kappa shape index (κ2) is 8.17. The molecule has 1 aromatic carbocycles. The molecular weight excluding hydrogens is 353 g/mol. The third-order valence-corrected chi connectivity index (χ3v) is 4.24. The number of aliphatic hydroxyl groups excluding tert-OH is 3. The van der Waals surface area contributed by atoms with Crippen LogP contribution in [0.15, 0.2) is 30.3 Å². The molecule has 5 atom stereocenters. The lowest BCUT2D eigenvalue weighted by atomic mass is 9.91. The van der Waals surface area contributed by atoms with E-state index in [1.165, 1.54) is 18.2 Å².